The van der Waals surface area contributed by atoms with E-state index in [2.05, 4.69) is 43.4 Å². The van der Waals surface area contributed by atoms with Crippen molar-refractivity contribution in [1.82, 2.24) is 19.1 Å². The fourth-order valence-electron chi connectivity index (χ4n) is 4.05. The van der Waals surface area contributed by atoms with E-state index < -0.39 is 6.10 Å². The lowest BCUT2D eigenvalue weighted by Gasteiger charge is -2.34. The summed E-state index contributed by atoms with van der Waals surface area (Å²) in [7, 11) is 0. The highest BCUT2D eigenvalue weighted by Gasteiger charge is 2.41. The highest BCUT2D eigenvalue weighted by atomic mass is 16.3. The SMILES string of the molecule is O[C@H]1c2nccn2CC[C@H]1[C@H]1c2ccccc2-c2cncn21. The third kappa shape index (κ3) is 1.46. The minimum atomic E-state index is -0.546. The Kier molecular flexibility index (Phi) is 2.38. The van der Waals surface area contributed by atoms with Gasteiger partial charge in [0.25, 0.3) is 0 Å². The third-order valence-electron chi connectivity index (χ3n) is 5.05. The molecule has 3 atom stereocenters. The first-order valence-corrected chi connectivity index (χ1v) is 7.65. The predicted molar refractivity (Wildman–Crippen MR) is 81.1 cm³/mol. The van der Waals surface area contributed by atoms with Crippen LogP contribution in [-0.4, -0.2) is 24.2 Å². The first kappa shape index (κ1) is 12.2. The summed E-state index contributed by atoms with van der Waals surface area (Å²) in [4.78, 5) is 8.65. The van der Waals surface area contributed by atoms with Crippen LogP contribution in [0.3, 0.4) is 0 Å². The molecule has 110 valence electrons. The van der Waals surface area contributed by atoms with Crippen LogP contribution in [0.25, 0.3) is 11.3 Å². The Bertz CT molecular complexity index is 850. The second-order valence-corrected chi connectivity index (χ2v) is 6.09. The standard InChI is InChI=1S/C17H16N4O/c22-16-13(5-7-20-8-6-19-17(16)20)15-12-4-2-1-3-11(12)14-9-18-10-21(14)15/h1-4,6,8-10,13,15-16,22H,5,7H2/t13-,15+,16+/m0/s1. The summed E-state index contributed by atoms with van der Waals surface area (Å²) in [5.41, 5.74) is 3.65. The molecule has 3 aromatic rings. The monoisotopic (exact) mass is 292 g/mol. The van der Waals surface area contributed by atoms with Crippen molar-refractivity contribution in [3.05, 3.63) is 60.6 Å². The molecule has 5 rings (SSSR count). The van der Waals surface area contributed by atoms with Gasteiger partial charge in [0.2, 0.25) is 0 Å². The molecule has 0 saturated carbocycles. The number of aliphatic hydroxyl groups is 1. The van der Waals surface area contributed by atoms with Gasteiger partial charge in [0, 0.05) is 30.4 Å². The maximum absolute atomic E-state index is 10.8. The maximum Gasteiger partial charge on any atom is 0.138 e. The van der Waals surface area contributed by atoms with Gasteiger partial charge in [0.05, 0.1) is 24.3 Å². The van der Waals surface area contributed by atoms with Crippen molar-refractivity contribution in [3.8, 4) is 11.3 Å². The highest BCUT2D eigenvalue weighted by molar-refractivity contribution is 5.69. The molecule has 4 heterocycles. The number of hydrogen-bond donors (Lipinski definition) is 1. The molecule has 1 N–H and O–H groups in total. The van der Waals surface area contributed by atoms with Crippen LogP contribution in [0.4, 0.5) is 0 Å². The van der Waals surface area contributed by atoms with Crippen molar-refractivity contribution >= 4 is 0 Å². The van der Waals surface area contributed by atoms with Gasteiger partial charge in [-0.15, -0.1) is 0 Å². The second kappa shape index (κ2) is 4.30. The molecule has 22 heavy (non-hydrogen) atoms. The van der Waals surface area contributed by atoms with Gasteiger partial charge < -0.3 is 14.2 Å². The number of rotatable bonds is 1. The average molecular weight is 292 g/mol. The van der Waals surface area contributed by atoms with Crippen molar-refractivity contribution < 1.29 is 5.11 Å². The van der Waals surface area contributed by atoms with Gasteiger partial charge in [-0.2, -0.15) is 0 Å². The highest BCUT2D eigenvalue weighted by Crippen LogP contribution is 2.48. The smallest absolute Gasteiger partial charge is 0.138 e. The Labute approximate surface area is 127 Å². The van der Waals surface area contributed by atoms with Crippen LogP contribution in [0.1, 0.15) is 30.0 Å². The molecule has 0 radical (unpaired) electrons. The molecule has 2 aliphatic rings. The van der Waals surface area contributed by atoms with Crippen LogP contribution >= 0.6 is 0 Å². The minimum Gasteiger partial charge on any atom is -0.385 e. The summed E-state index contributed by atoms with van der Waals surface area (Å²) >= 11 is 0. The summed E-state index contributed by atoms with van der Waals surface area (Å²) in [6.45, 7) is 0.903. The summed E-state index contributed by atoms with van der Waals surface area (Å²) in [5, 5.41) is 10.8. The van der Waals surface area contributed by atoms with Crippen LogP contribution in [0, 0.1) is 5.92 Å². The summed E-state index contributed by atoms with van der Waals surface area (Å²) in [5.74, 6) is 0.897. The fourth-order valence-corrected chi connectivity index (χ4v) is 4.05. The molecule has 0 bridgehead atoms. The van der Waals surface area contributed by atoms with Gasteiger partial charge in [0.15, 0.2) is 0 Å². The van der Waals surface area contributed by atoms with Crippen LogP contribution in [0.2, 0.25) is 0 Å². The molecule has 0 fully saturated rings. The van der Waals surface area contributed by atoms with Gasteiger partial charge in [0.1, 0.15) is 11.9 Å². The Morgan fingerprint density at radius 2 is 2.14 bits per heavy atom. The summed E-state index contributed by atoms with van der Waals surface area (Å²) in [6.07, 6.45) is 7.89. The van der Waals surface area contributed by atoms with Crippen molar-refractivity contribution in [3.63, 3.8) is 0 Å². The molecule has 5 nitrogen and oxygen atoms in total. The topological polar surface area (TPSA) is 55.9 Å². The average Bonchev–Trinajstić information content (AvgIpc) is 3.23. The predicted octanol–water partition coefficient (Wildman–Crippen LogP) is 2.40. The molecular weight excluding hydrogens is 276 g/mol. The van der Waals surface area contributed by atoms with E-state index in [9.17, 15) is 5.11 Å². The molecule has 2 aliphatic heterocycles. The summed E-state index contributed by atoms with van der Waals surface area (Å²) < 4.78 is 4.26. The van der Waals surface area contributed by atoms with Crippen molar-refractivity contribution in [2.24, 2.45) is 5.92 Å². The van der Waals surface area contributed by atoms with Gasteiger partial charge in [-0.05, 0) is 12.0 Å². The molecule has 0 aliphatic carbocycles. The van der Waals surface area contributed by atoms with Gasteiger partial charge in [-0.1, -0.05) is 24.3 Å². The van der Waals surface area contributed by atoms with Crippen LogP contribution < -0.4 is 0 Å². The number of aromatic nitrogens is 4. The molecule has 0 unspecified atom stereocenters. The Morgan fingerprint density at radius 1 is 1.23 bits per heavy atom. The lowest BCUT2D eigenvalue weighted by Crippen LogP contribution is -2.31. The number of hydrogen-bond acceptors (Lipinski definition) is 3. The molecule has 2 aromatic heterocycles. The van der Waals surface area contributed by atoms with Gasteiger partial charge in [-0.25, -0.2) is 9.97 Å². The van der Waals surface area contributed by atoms with E-state index in [0.717, 1.165) is 24.5 Å². The molecular formula is C17H16N4O. The summed E-state index contributed by atoms with van der Waals surface area (Å²) in [6, 6.07) is 8.57. The number of benzene rings is 1. The molecule has 1 aromatic carbocycles. The minimum absolute atomic E-state index is 0.117. The lowest BCUT2D eigenvalue weighted by atomic mass is 9.84. The normalized spacial score (nSPS) is 25.6. The van der Waals surface area contributed by atoms with Gasteiger partial charge >= 0.3 is 0 Å². The first-order valence-electron chi connectivity index (χ1n) is 7.65. The van der Waals surface area contributed by atoms with E-state index in [1.807, 2.05) is 18.7 Å². The lowest BCUT2D eigenvalue weighted by molar-refractivity contribution is 0.0514. The van der Waals surface area contributed by atoms with E-state index in [4.69, 9.17) is 0 Å². The molecule has 0 spiro atoms. The fraction of sp³-hybridized carbons (Fsp3) is 0.294. The first-order chi connectivity index (χ1) is 10.8. The molecule has 0 amide bonds. The number of aryl methyl sites for hydroxylation is 1. The van der Waals surface area contributed by atoms with Crippen molar-refractivity contribution in [2.75, 3.05) is 0 Å². The maximum atomic E-state index is 10.8. The van der Waals surface area contributed by atoms with E-state index >= 15 is 0 Å². The van der Waals surface area contributed by atoms with Gasteiger partial charge in [-0.3, -0.25) is 0 Å². The van der Waals surface area contributed by atoms with E-state index in [1.54, 1.807) is 6.20 Å². The Balaban J connectivity index is 1.65. The number of imidazole rings is 2. The van der Waals surface area contributed by atoms with E-state index in [0.29, 0.717) is 0 Å². The second-order valence-electron chi connectivity index (χ2n) is 6.09. The Hall–Kier alpha value is -2.40. The quantitative estimate of drug-likeness (QED) is 0.749. The van der Waals surface area contributed by atoms with E-state index in [1.165, 1.54) is 11.1 Å². The van der Waals surface area contributed by atoms with Crippen LogP contribution in [0.5, 0.6) is 0 Å². The number of nitrogens with zero attached hydrogens (tertiary/aromatic N) is 4. The molecule has 5 heteroatoms. The van der Waals surface area contributed by atoms with Crippen LogP contribution in [-0.2, 0) is 6.54 Å². The largest absolute Gasteiger partial charge is 0.385 e. The zero-order valence-corrected chi connectivity index (χ0v) is 12.0. The Morgan fingerprint density at radius 3 is 3.09 bits per heavy atom. The molecule has 0 saturated heterocycles. The zero-order valence-electron chi connectivity index (χ0n) is 12.0. The van der Waals surface area contributed by atoms with E-state index in [-0.39, 0.29) is 12.0 Å². The van der Waals surface area contributed by atoms with Crippen molar-refractivity contribution in [2.45, 2.75) is 25.1 Å². The zero-order chi connectivity index (χ0) is 14.7. The van der Waals surface area contributed by atoms with Crippen molar-refractivity contribution in [1.29, 1.82) is 0 Å². The number of aliphatic hydroxyl groups excluding tert-OH is 1. The third-order valence-corrected chi connectivity index (χ3v) is 5.05. The van der Waals surface area contributed by atoms with Crippen LogP contribution in [0.15, 0.2) is 49.2 Å². The number of fused-ring (bicyclic) bond motifs is 4.